The lowest BCUT2D eigenvalue weighted by Crippen LogP contribution is -2.39. The summed E-state index contributed by atoms with van der Waals surface area (Å²) >= 11 is 5.93. The molecule has 0 saturated carbocycles. The van der Waals surface area contributed by atoms with Crippen molar-refractivity contribution < 1.29 is 9.63 Å². The smallest absolute Gasteiger partial charge is 0.233 e. The van der Waals surface area contributed by atoms with Gasteiger partial charge in [-0.3, -0.25) is 9.63 Å². The molecule has 0 saturated heterocycles. The molecule has 0 aliphatic carbocycles. The summed E-state index contributed by atoms with van der Waals surface area (Å²) in [6.07, 6.45) is 1.43. The highest BCUT2D eigenvalue weighted by atomic mass is 35.5. The molecular formula is C14H20ClNO2. The van der Waals surface area contributed by atoms with Crippen molar-refractivity contribution in [3.63, 3.8) is 0 Å². The monoisotopic (exact) mass is 269 g/mol. The molecule has 100 valence electrons. The molecule has 1 atom stereocenters. The van der Waals surface area contributed by atoms with Gasteiger partial charge in [-0.15, -0.1) is 0 Å². The number of carbonyl (C=O) groups excluding carboxylic acids is 1. The van der Waals surface area contributed by atoms with Gasteiger partial charge >= 0.3 is 0 Å². The summed E-state index contributed by atoms with van der Waals surface area (Å²) in [5.74, 6) is 0. The van der Waals surface area contributed by atoms with Gasteiger partial charge in [0.1, 0.15) is 0 Å². The predicted molar refractivity (Wildman–Crippen MR) is 73.4 cm³/mol. The molecule has 1 aromatic carbocycles. The average molecular weight is 270 g/mol. The maximum Gasteiger partial charge on any atom is 0.233 e. The molecule has 0 aromatic heterocycles. The van der Waals surface area contributed by atoms with Crippen molar-refractivity contribution in [2.45, 2.75) is 45.8 Å². The van der Waals surface area contributed by atoms with Gasteiger partial charge in [-0.2, -0.15) is 0 Å². The Morgan fingerprint density at radius 3 is 2.61 bits per heavy atom. The molecule has 1 rings (SSSR count). The van der Waals surface area contributed by atoms with Crippen LogP contribution in [0.15, 0.2) is 24.3 Å². The van der Waals surface area contributed by atoms with E-state index in [0.29, 0.717) is 11.4 Å². The topological polar surface area (TPSA) is 29.5 Å². The van der Waals surface area contributed by atoms with Gasteiger partial charge in [-0.25, -0.2) is 5.06 Å². The molecule has 1 unspecified atom stereocenters. The number of hydrogen-bond donors (Lipinski definition) is 0. The first-order valence-electron chi connectivity index (χ1n) is 5.99. The number of benzene rings is 1. The van der Waals surface area contributed by atoms with Crippen LogP contribution in [0.4, 0.5) is 0 Å². The average Bonchev–Trinajstić information content (AvgIpc) is 2.24. The van der Waals surface area contributed by atoms with Gasteiger partial charge in [0.05, 0.1) is 11.6 Å². The third-order valence-corrected chi connectivity index (χ3v) is 2.57. The third kappa shape index (κ3) is 5.07. The minimum Gasteiger partial charge on any atom is -0.276 e. The zero-order valence-corrected chi connectivity index (χ0v) is 12.1. The summed E-state index contributed by atoms with van der Waals surface area (Å²) in [5.41, 5.74) is 0.697. The summed E-state index contributed by atoms with van der Waals surface area (Å²) in [7, 11) is 0. The molecule has 1 aromatic rings. The highest BCUT2D eigenvalue weighted by Crippen LogP contribution is 2.16. The van der Waals surface area contributed by atoms with Gasteiger partial charge in [0.25, 0.3) is 0 Å². The van der Waals surface area contributed by atoms with E-state index in [4.69, 9.17) is 16.4 Å². The van der Waals surface area contributed by atoms with E-state index in [1.165, 1.54) is 5.06 Å². The van der Waals surface area contributed by atoms with Crippen molar-refractivity contribution in [3.8, 4) is 0 Å². The van der Waals surface area contributed by atoms with Gasteiger partial charge < -0.3 is 0 Å². The van der Waals surface area contributed by atoms with Gasteiger partial charge in [-0.05, 0) is 51.8 Å². The molecule has 0 bridgehead atoms. The molecular weight excluding hydrogens is 250 g/mol. The lowest BCUT2D eigenvalue weighted by molar-refractivity contribution is -0.229. The number of rotatable bonds is 5. The molecule has 0 radical (unpaired) electrons. The largest absolute Gasteiger partial charge is 0.276 e. The molecule has 3 nitrogen and oxygen atoms in total. The van der Waals surface area contributed by atoms with E-state index in [0.717, 1.165) is 12.0 Å². The zero-order chi connectivity index (χ0) is 13.8. The van der Waals surface area contributed by atoms with Crippen LogP contribution in [0.2, 0.25) is 5.02 Å². The van der Waals surface area contributed by atoms with Crippen molar-refractivity contribution in [2.24, 2.45) is 0 Å². The third-order valence-electron chi connectivity index (χ3n) is 2.34. The summed E-state index contributed by atoms with van der Waals surface area (Å²) in [6, 6.07) is 7.58. The number of hydroxylamine groups is 2. The first kappa shape index (κ1) is 15.0. The maximum atomic E-state index is 11.1. The Kier molecular flexibility index (Phi) is 5.17. The second kappa shape index (κ2) is 6.21. The Bertz CT molecular complexity index is 401. The standard InChI is InChI=1S/C14H20ClNO2/c1-11(16(10-17)18-14(2,3)4)8-12-6-5-7-13(15)9-12/h5-7,9-11H,8H2,1-4H3. The Morgan fingerprint density at radius 2 is 2.11 bits per heavy atom. The summed E-state index contributed by atoms with van der Waals surface area (Å²) < 4.78 is 0. The highest BCUT2D eigenvalue weighted by molar-refractivity contribution is 6.30. The fourth-order valence-corrected chi connectivity index (χ4v) is 1.84. The molecule has 0 heterocycles. The van der Waals surface area contributed by atoms with Crippen LogP contribution in [0.25, 0.3) is 0 Å². The van der Waals surface area contributed by atoms with Gasteiger partial charge in [0.2, 0.25) is 6.41 Å². The van der Waals surface area contributed by atoms with Gasteiger partial charge in [0.15, 0.2) is 0 Å². The van der Waals surface area contributed by atoms with E-state index in [-0.39, 0.29) is 11.6 Å². The molecule has 0 spiro atoms. The van der Waals surface area contributed by atoms with E-state index >= 15 is 0 Å². The van der Waals surface area contributed by atoms with E-state index in [1.54, 1.807) is 0 Å². The summed E-state index contributed by atoms with van der Waals surface area (Å²) in [4.78, 5) is 16.6. The number of hydrogen-bond acceptors (Lipinski definition) is 2. The van der Waals surface area contributed by atoms with E-state index < -0.39 is 0 Å². The van der Waals surface area contributed by atoms with Crippen molar-refractivity contribution in [1.82, 2.24) is 5.06 Å². The second-order valence-corrected chi connectivity index (χ2v) is 5.79. The Balaban J connectivity index is 2.68. The van der Waals surface area contributed by atoms with Crippen LogP contribution >= 0.6 is 11.6 Å². The number of halogens is 1. The zero-order valence-electron chi connectivity index (χ0n) is 11.3. The van der Waals surface area contributed by atoms with Crippen LogP contribution in [0.5, 0.6) is 0 Å². The first-order valence-corrected chi connectivity index (χ1v) is 6.37. The number of carbonyl (C=O) groups is 1. The molecule has 0 fully saturated rings. The van der Waals surface area contributed by atoms with Crippen molar-refractivity contribution in [3.05, 3.63) is 34.9 Å². The van der Waals surface area contributed by atoms with Crippen LogP contribution in [0.1, 0.15) is 33.3 Å². The van der Waals surface area contributed by atoms with E-state index in [1.807, 2.05) is 52.0 Å². The number of nitrogens with zero attached hydrogens (tertiary/aromatic N) is 1. The quantitative estimate of drug-likeness (QED) is 0.605. The van der Waals surface area contributed by atoms with Crippen molar-refractivity contribution in [2.75, 3.05) is 0 Å². The second-order valence-electron chi connectivity index (χ2n) is 5.35. The lowest BCUT2D eigenvalue weighted by atomic mass is 10.1. The number of amides is 1. The molecule has 0 aliphatic heterocycles. The highest BCUT2D eigenvalue weighted by Gasteiger charge is 2.20. The Labute approximate surface area is 114 Å². The minimum atomic E-state index is -0.385. The first-order chi connectivity index (χ1) is 8.31. The van der Waals surface area contributed by atoms with E-state index in [9.17, 15) is 4.79 Å². The van der Waals surface area contributed by atoms with Crippen molar-refractivity contribution >= 4 is 18.0 Å². The lowest BCUT2D eigenvalue weighted by Gasteiger charge is -2.31. The van der Waals surface area contributed by atoms with E-state index in [2.05, 4.69) is 0 Å². The molecule has 0 N–H and O–H groups in total. The molecule has 0 aliphatic rings. The van der Waals surface area contributed by atoms with Crippen LogP contribution in [0.3, 0.4) is 0 Å². The van der Waals surface area contributed by atoms with Crippen molar-refractivity contribution in [1.29, 1.82) is 0 Å². The maximum absolute atomic E-state index is 11.1. The van der Waals surface area contributed by atoms with Crippen LogP contribution < -0.4 is 0 Å². The fourth-order valence-electron chi connectivity index (χ4n) is 1.63. The normalized spacial score (nSPS) is 13.2. The van der Waals surface area contributed by atoms with Gasteiger partial charge in [-0.1, -0.05) is 23.7 Å². The summed E-state index contributed by atoms with van der Waals surface area (Å²) in [6.45, 7) is 7.68. The SMILES string of the molecule is CC(Cc1cccc(Cl)c1)N(C=O)OC(C)(C)C. The fraction of sp³-hybridized carbons (Fsp3) is 0.500. The summed E-state index contributed by atoms with van der Waals surface area (Å²) in [5, 5.41) is 2.06. The minimum absolute atomic E-state index is 0.0415. The molecule has 18 heavy (non-hydrogen) atoms. The Morgan fingerprint density at radius 1 is 1.44 bits per heavy atom. The van der Waals surface area contributed by atoms with Crippen LogP contribution in [0, 0.1) is 0 Å². The predicted octanol–water partition coefficient (Wildman–Crippen LogP) is 3.46. The van der Waals surface area contributed by atoms with Crippen LogP contribution in [-0.2, 0) is 16.1 Å². The molecule has 4 heteroatoms. The molecule has 1 amide bonds. The van der Waals surface area contributed by atoms with Crippen LogP contribution in [-0.4, -0.2) is 23.1 Å². The Hall–Kier alpha value is -1.06. The van der Waals surface area contributed by atoms with Gasteiger partial charge in [0, 0.05) is 5.02 Å².